The number of pyridine rings is 1. The number of fused-ring (bicyclic) bond motifs is 1. The van der Waals surface area contributed by atoms with Gasteiger partial charge < -0.3 is 10.1 Å². The number of hydrogen-bond donors (Lipinski definition) is 1. The molecule has 0 aliphatic rings. The number of aromatic nitrogens is 3. The van der Waals surface area contributed by atoms with E-state index in [4.69, 9.17) is 16.3 Å². The summed E-state index contributed by atoms with van der Waals surface area (Å²) in [4.78, 5) is 21.1. The number of ether oxygens (including phenoxy) is 1. The molecule has 1 atom stereocenters. The zero-order valence-electron chi connectivity index (χ0n) is 12.4. The number of aryl methyl sites for hydroxylation is 1. The van der Waals surface area contributed by atoms with E-state index in [0.717, 1.165) is 11.1 Å². The Balaban J connectivity index is 2.33. The quantitative estimate of drug-likeness (QED) is 0.652. The Morgan fingerprint density at radius 1 is 1.57 bits per heavy atom. The fourth-order valence-electron chi connectivity index (χ4n) is 2.17. The Morgan fingerprint density at radius 2 is 2.33 bits per heavy atom. The number of alkyl halides is 1. The summed E-state index contributed by atoms with van der Waals surface area (Å²) in [5, 5.41) is 2.82. The van der Waals surface area contributed by atoms with Crippen LogP contribution in [0.3, 0.4) is 0 Å². The van der Waals surface area contributed by atoms with E-state index in [1.165, 1.54) is 0 Å². The molecule has 0 bridgehead atoms. The van der Waals surface area contributed by atoms with Crippen molar-refractivity contribution in [2.75, 3.05) is 20.3 Å². The molecule has 0 radical (unpaired) electrons. The normalized spacial score (nSPS) is 12.6. The summed E-state index contributed by atoms with van der Waals surface area (Å²) in [7, 11) is 1.59. The van der Waals surface area contributed by atoms with Gasteiger partial charge in [-0.1, -0.05) is 0 Å². The number of nitrogens with zero attached hydrogens (tertiary/aromatic N) is 3. The third-order valence-corrected chi connectivity index (χ3v) is 3.47. The first-order valence-corrected chi connectivity index (χ1v) is 7.28. The first-order chi connectivity index (χ1) is 10.1. The van der Waals surface area contributed by atoms with E-state index in [-0.39, 0.29) is 11.8 Å². The molecule has 2 aromatic heterocycles. The molecule has 0 aromatic carbocycles. The Hall–Kier alpha value is -1.66. The van der Waals surface area contributed by atoms with E-state index < -0.39 is 6.04 Å². The summed E-state index contributed by atoms with van der Waals surface area (Å²) in [6.07, 6.45) is 1.76. The van der Waals surface area contributed by atoms with Crippen molar-refractivity contribution in [1.82, 2.24) is 19.9 Å². The van der Waals surface area contributed by atoms with Gasteiger partial charge in [0, 0.05) is 19.9 Å². The summed E-state index contributed by atoms with van der Waals surface area (Å²) in [6.45, 7) is 4.70. The molecule has 21 heavy (non-hydrogen) atoms. The smallest absolute Gasteiger partial charge is 0.242 e. The molecule has 1 N–H and O–H groups in total. The number of imidazole rings is 1. The Kier molecular flexibility index (Phi) is 5.14. The highest BCUT2D eigenvalue weighted by Crippen LogP contribution is 2.21. The summed E-state index contributed by atoms with van der Waals surface area (Å²) < 4.78 is 6.71. The van der Waals surface area contributed by atoms with Gasteiger partial charge in [-0.05, 0) is 25.5 Å². The molecule has 1 amide bonds. The molecule has 6 nitrogen and oxygen atoms in total. The van der Waals surface area contributed by atoms with Crippen LogP contribution in [-0.4, -0.2) is 40.7 Å². The van der Waals surface area contributed by atoms with E-state index in [9.17, 15) is 4.79 Å². The summed E-state index contributed by atoms with van der Waals surface area (Å²) >= 11 is 5.96. The van der Waals surface area contributed by atoms with Gasteiger partial charge in [0.15, 0.2) is 5.65 Å². The average Bonchev–Trinajstić information content (AvgIpc) is 2.83. The van der Waals surface area contributed by atoms with Gasteiger partial charge in [0.1, 0.15) is 17.4 Å². The Bertz CT molecular complexity index is 641. The van der Waals surface area contributed by atoms with Crippen LogP contribution in [0.5, 0.6) is 0 Å². The van der Waals surface area contributed by atoms with Crippen LogP contribution in [0.1, 0.15) is 24.4 Å². The van der Waals surface area contributed by atoms with Crippen molar-refractivity contribution >= 4 is 28.7 Å². The molecule has 114 valence electrons. The molecular formula is C14H19ClN4O2. The van der Waals surface area contributed by atoms with E-state index >= 15 is 0 Å². The van der Waals surface area contributed by atoms with Gasteiger partial charge in [-0.3, -0.25) is 9.36 Å². The lowest BCUT2D eigenvalue weighted by molar-refractivity contribution is -0.124. The van der Waals surface area contributed by atoms with Crippen molar-refractivity contribution in [1.29, 1.82) is 0 Å². The van der Waals surface area contributed by atoms with E-state index in [2.05, 4.69) is 15.3 Å². The number of carbonyl (C=O) groups is 1. The standard InChI is InChI=1S/C14H19ClN4O2/c1-9-6-11-13(17-8-9)19(12(7-15)18-11)10(2)14(20)16-4-5-21-3/h6,8,10H,4-5,7H2,1-3H3,(H,16,20). The lowest BCUT2D eigenvalue weighted by atomic mass is 10.3. The molecule has 2 rings (SSSR count). The first-order valence-electron chi connectivity index (χ1n) is 6.74. The zero-order valence-corrected chi connectivity index (χ0v) is 13.1. The van der Waals surface area contributed by atoms with E-state index in [1.54, 1.807) is 24.8 Å². The molecule has 0 saturated carbocycles. The number of halogens is 1. The van der Waals surface area contributed by atoms with Gasteiger partial charge >= 0.3 is 0 Å². The molecule has 1 unspecified atom stereocenters. The fourth-order valence-corrected chi connectivity index (χ4v) is 2.36. The van der Waals surface area contributed by atoms with Crippen LogP contribution in [-0.2, 0) is 15.4 Å². The highest BCUT2D eigenvalue weighted by molar-refractivity contribution is 6.16. The Labute approximate surface area is 128 Å². The van der Waals surface area contributed by atoms with Crippen molar-refractivity contribution in [2.24, 2.45) is 0 Å². The van der Waals surface area contributed by atoms with Crippen LogP contribution in [0.15, 0.2) is 12.3 Å². The van der Waals surface area contributed by atoms with Crippen LogP contribution in [0.2, 0.25) is 0 Å². The molecule has 0 aliphatic carbocycles. The number of amides is 1. The number of methoxy groups -OCH3 is 1. The summed E-state index contributed by atoms with van der Waals surface area (Å²) in [5.74, 6) is 0.754. The van der Waals surface area contributed by atoms with Gasteiger partial charge in [0.2, 0.25) is 5.91 Å². The molecule has 0 aliphatic heterocycles. The SMILES string of the molecule is COCCNC(=O)C(C)n1c(CCl)nc2cc(C)cnc21. The fraction of sp³-hybridized carbons (Fsp3) is 0.500. The first kappa shape index (κ1) is 15.7. The monoisotopic (exact) mass is 310 g/mol. The minimum atomic E-state index is -0.434. The third kappa shape index (κ3) is 3.33. The molecule has 2 aromatic rings. The minimum absolute atomic E-state index is 0.111. The van der Waals surface area contributed by atoms with Gasteiger partial charge in [0.05, 0.1) is 12.5 Å². The number of carbonyl (C=O) groups excluding carboxylic acids is 1. The topological polar surface area (TPSA) is 69.0 Å². The number of rotatable bonds is 6. The van der Waals surface area contributed by atoms with Crippen molar-refractivity contribution in [3.8, 4) is 0 Å². The Morgan fingerprint density at radius 3 is 3.00 bits per heavy atom. The number of hydrogen-bond acceptors (Lipinski definition) is 4. The molecule has 0 spiro atoms. The van der Waals surface area contributed by atoms with Crippen molar-refractivity contribution in [3.05, 3.63) is 23.7 Å². The molecule has 7 heteroatoms. The van der Waals surface area contributed by atoms with Crippen LogP contribution < -0.4 is 5.32 Å². The third-order valence-electron chi connectivity index (χ3n) is 3.23. The van der Waals surface area contributed by atoms with E-state index in [0.29, 0.717) is 24.6 Å². The maximum Gasteiger partial charge on any atom is 0.242 e. The van der Waals surface area contributed by atoms with Crippen LogP contribution >= 0.6 is 11.6 Å². The van der Waals surface area contributed by atoms with Crippen molar-refractivity contribution < 1.29 is 9.53 Å². The van der Waals surface area contributed by atoms with Crippen molar-refractivity contribution in [2.45, 2.75) is 25.8 Å². The molecule has 2 heterocycles. The van der Waals surface area contributed by atoms with Crippen LogP contribution in [0.4, 0.5) is 0 Å². The number of nitrogens with one attached hydrogen (secondary N) is 1. The van der Waals surface area contributed by atoms with Crippen LogP contribution in [0.25, 0.3) is 11.2 Å². The van der Waals surface area contributed by atoms with Gasteiger partial charge in [-0.25, -0.2) is 9.97 Å². The maximum absolute atomic E-state index is 12.2. The average molecular weight is 311 g/mol. The second-order valence-electron chi connectivity index (χ2n) is 4.85. The summed E-state index contributed by atoms with van der Waals surface area (Å²) in [5.41, 5.74) is 2.44. The maximum atomic E-state index is 12.2. The second kappa shape index (κ2) is 6.87. The zero-order chi connectivity index (χ0) is 15.4. The lowest BCUT2D eigenvalue weighted by Gasteiger charge is -2.16. The van der Waals surface area contributed by atoms with Gasteiger partial charge in [-0.2, -0.15) is 0 Å². The second-order valence-corrected chi connectivity index (χ2v) is 5.11. The van der Waals surface area contributed by atoms with Gasteiger partial charge in [-0.15, -0.1) is 11.6 Å². The molecule has 0 saturated heterocycles. The molecular weight excluding hydrogens is 292 g/mol. The lowest BCUT2D eigenvalue weighted by Crippen LogP contribution is -2.33. The van der Waals surface area contributed by atoms with E-state index in [1.807, 2.05) is 13.0 Å². The van der Waals surface area contributed by atoms with Crippen LogP contribution in [0, 0.1) is 6.92 Å². The highest BCUT2D eigenvalue weighted by atomic mass is 35.5. The minimum Gasteiger partial charge on any atom is -0.383 e. The molecule has 0 fully saturated rings. The predicted octanol–water partition coefficient (Wildman–Crippen LogP) is 1.80. The van der Waals surface area contributed by atoms with Gasteiger partial charge in [0.25, 0.3) is 0 Å². The highest BCUT2D eigenvalue weighted by Gasteiger charge is 2.21. The summed E-state index contributed by atoms with van der Waals surface area (Å²) in [6, 6.07) is 1.50. The largest absolute Gasteiger partial charge is 0.383 e. The van der Waals surface area contributed by atoms with Crippen molar-refractivity contribution in [3.63, 3.8) is 0 Å². The predicted molar refractivity (Wildman–Crippen MR) is 81.4 cm³/mol.